The van der Waals surface area contributed by atoms with Gasteiger partial charge in [-0.1, -0.05) is 24.3 Å². The summed E-state index contributed by atoms with van der Waals surface area (Å²) in [5.41, 5.74) is 1.46. The van der Waals surface area contributed by atoms with Gasteiger partial charge in [0.25, 0.3) is 0 Å². The van der Waals surface area contributed by atoms with Crippen molar-refractivity contribution in [3.05, 3.63) is 46.8 Å². The van der Waals surface area contributed by atoms with Crippen molar-refractivity contribution >= 4 is 40.9 Å². The highest BCUT2D eigenvalue weighted by molar-refractivity contribution is 7.13. The summed E-state index contributed by atoms with van der Waals surface area (Å²) >= 11 is 1.51. The average Bonchev–Trinajstić information content (AvgIpc) is 3.59. The summed E-state index contributed by atoms with van der Waals surface area (Å²) in [5, 5.41) is 8.98. The predicted molar refractivity (Wildman–Crippen MR) is 136 cm³/mol. The molecule has 3 aliphatic heterocycles. The number of hydrogen-bond acceptors (Lipinski definition) is 8. The van der Waals surface area contributed by atoms with Crippen LogP contribution in [-0.4, -0.2) is 76.9 Å². The number of alkyl halides is 3. The van der Waals surface area contributed by atoms with Crippen LogP contribution in [0.25, 0.3) is 10.4 Å². The number of ether oxygens (including phenoxy) is 1. The van der Waals surface area contributed by atoms with Crippen LogP contribution in [0.2, 0.25) is 0 Å². The Morgan fingerprint density at radius 3 is 2.25 bits per heavy atom. The van der Waals surface area contributed by atoms with Crippen LogP contribution in [0.5, 0.6) is 0 Å². The van der Waals surface area contributed by atoms with Gasteiger partial charge in [0.1, 0.15) is 5.54 Å². The van der Waals surface area contributed by atoms with E-state index in [1.165, 1.54) is 30.4 Å². The third-order valence-corrected chi connectivity index (χ3v) is 8.78. The molecule has 2 amide bonds. The van der Waals surface area contributed by atoms with Gasteiger partial charge in [0.2, 0.25) is 11.8 Å². The summed E-state index contributed by atoms with van der Waals surface area (Å²) < 4.78 is 37.0. The van der Waals surface area contributed by atoms with Crippen LogP contribution in [-0.2, 0) is 23.9 Å². The first-order valence-electron chi connectivity index (χ1n) is 12.4. The summed E-state index contributed by atoms with van der Waals surface area (Å²) in [4.78, 5) is 64.4. The molecule has 13 heteroatoms. The maximum Gasteiger partial charge on any atom is 0.490 e. The van der Waals surface area contributed by atoms with Crippen LogP contribution in [0.1, 0.15) is 48.1 Å². The number of carbonyl (C=O) groups is 5. The number of carbonyl (C=O) groups excluding carboxylic acids is 4. The molecule has 0 aliphatic carbocycles. The predicted octanol–water partition coefficient (Wildman–Crippen LogP) is 3.93. The largest absolute Gasteiger partial charge is 0.490 e. The molecule has 3 fully saturated rings. The Labute approximate surface area is 231 Å². The highest BCUT2D eigenvalue weighted by Gasteiger charge is 2.72. The smallest absolute Gasteiger partial charge is 0.475 e. The lowest BCUT2D eigenvalue weighted by atomic mass is 9.75. The summed E-state index contributed by atoms with van der Waals surface area (Å²) in [6.07, 6.45) is -2.87. The fourth-order valence-corrected chi connectivity index (χ4v) is 6.97. The van der Waals surface area contributed by atoms with E-state index in [-0.39, 0.29) is 23.6 Å². The first-order chi connectivity index (χ1) is 18.7. The maximum atomic E-state index is 13.2. The van der Waals surface area contributed by atoms with Crippen molar-refractivity contribution in [2.75, 3.05) is 20.7 Å². The summed E-state index contributed by atoms with van der Waals surface area (Å²) in [5.74, 6) is -5.03. The SMILES string of the molecule is COC(=O)[C@@]12CCCCN1[C@H](c1ccc(-c3cc(C(C)=O)cs3)cc1)[C@H]1C(=O)N(C)C(=O)[C@H]12.O=C(O)C(F)(F)F. The van der Waals surface area contributed by atoms with Gasteiger partial charge in [-0.25, -0.2) is 4.79 Å². The van der Waals surface area contributed by atoms with Gasteiger partial charge in [-0.05, 0) is 49.9 Å². The van der Waals surface area contributed by atoms with Crippen LogP contribution in [0.15, 0.2) is 35.7 Å². The van der Waals surface area contributed by atoms with Crippen molar-refractivity contribution in [1.29, 1.82) is 0 Å². The molecule has 1 N–H and O–H groups in total. The fourth-order valence-electron chi connectivity index (χ4n) is 6.02. The number of benzene rings is 1. The second kappa shape index (κ2) is 10.8. The minimum atomic E-state index is -5.08. The van der Waals surface area contributed by atoms with Crippen molar-refractivity contribution in [3.8, 4) is 10.4 Å². The number of rotatable bonds is 4. The molecule has 0 radical (unpaired) electrons. The van der Waals surface area contributed by atoms with Crippen LogP contribution in [0, 0.1) is 11.8 Å². The molecule has 1 aromatic heterocycles. The molecule has 9 nitrogen and oxygen atoms in total. The lowest BCUT2D eigenvalue weighted by Gasteiger charge is -2.44. The molecule has 0 spiro atoms. The number of fused-ring (bicyclic) bond motifs is 3. The number of Topliss-reactive ketones (excluding diaryl/α,β-unsaturated/α-hetero) is 1. The Kier molecular flexibility index (Phi) is 7.92. The Hall–Kier alpha value is -3.58. The lowest BCUT2D eigenvalue weighted by Crippen LogP contribution is -2.59. The van der Waals surface area contributed by atoms with E-state index in [0.29, 0.717) is 18.5 Å². The molecule has 214 valence electrons. The number of ketones is 1. The molecule has 3 saturated heterocycles. The zero-order valence-electron chi connectivity index (χ0n) is 21.9. The standard InChI is InChI=1S/C25H26N2O5S.C2HF3O2/c1-14(28)17-12-18(33-13-17)15-6-8-16(9-7-15)21-19-20(23(30)26(2)22(19)29)25(24(31)32-3)10-4-5-11-27(21)25;3-2(4,5)1(6)7/h6-9,12-13,19-21H,4-5,10-11H2,1-3H3;(H,6,7)/t19-,20-,21+,25-;/m0./s1. The number of carboxylic acids is 1. The summed E-state index contributed by atoms with van der Waals surface area (Å²) in [6, 6.07) is 9.42. The van der Waals surface area contributed by atoms with Crippen molar-refractivity contribution in [2.45, 2.75) is 43.9 Å². The minimum absolute atomic E-state index is 0.0314. The number of aliphatic carboxylic acids is 1. The molecule has 4 heterocycles. The van der Waals surface area contributed by atoms with E-state index < -0.39 is 35.5 Å². The number of methoxy groups -OCH3 is 1. The fraction of sp³-hybridized carbons (Fsp3) is 0.444. The summed E-state index contributed by atoms with van der Waals surface area (Å²) in [7, 11) is 2.85. The average molecular weight is 581 g/mol. The molecule has 5 rings (SSSR count). The molecular weight excluding hydrogens is 553 g/mol. The normalized spacial score (nSPS) is 26.1. The zero-order chi connectivity index (χ0) is 29.6. The van der Waals surface area contributed by atoms with Crippen molar-refractivity contribution in [2.24, 2.45) is 11.8 Å². The van der Waals surface area contributed by atoms with Crippen LogP contribution >= 0.6 is 11.3 Å². The molecule has 0 bridgehead atoms. The van der Waals surface area contributed by atoms with Crippen molar-refractivity contribution < 1.29 is 47.0 Å². The van der Waals surface area contributed by atoms with Gasteiger partial charge < -0.3 is 9.84 Å². The third-order valence-electron chi connectivity index (χ3n) is 7.81. The van der Waals surface area contributed by atoms with Crippen molar-refractivity contribution in [3.63, 3.8) is 0 Å². The highest BCUT2D eigenvalue weighted by atomic mass is 32.1. The van der Waals surface area contributed by atoms with Gasteiger partial charge in [-0.2, -0.15) is 13.2 Å². The number of nitrogens with zero attached hydrogens (tertiary/aromatic N) is 2. The van der Waals surface area contributed by atoms with Gasteiger partial charge in [0, 0.05) is 28.9 Å². The van der Waals surface area contributed by atoms with Gasteiger partial charge in [0.05, 0.1) is 18.9 Å². The molecule has 1 aromatic carbocycles. The zero-order valence-corrected chi connectivity index (χ0v) is 22.7. The number of imide groups is 1. The number of piperidine rings is 1. The van der Waals surface area contributed by atoms with Crippen molar-refractivity contribution in [1.82, 2.24) is 9.80 Å². The molecule has 2 aromatic rings. The van der Waals surface area contributed by atoms with E-state index in [1.807, 2.05) is 35.7 Å². The topological polar surface area (TPSA) is 121 Å². The van der Waals surface area contributed by atoms with E-state index in [0.717, 1.165) is 28.8 Å². The van der Waals surface area contributed by atoms with Gasteiger partial charge in [-0.3, -0.25) is 29.0 Å². The number of carboxylic acid groups (broad SMARTS) is 1. The van der Waals surface area contributed by atoms with Gasteiger partial charge >= 0.3 is 18.1 Å². The van der Waals surface area contributed by atoms with E-state index in [1.54, 1.807) is 6.92 Å². The molecular formula is C27H27F3N2O7S. The number of thiophene rings is 1. The summed E-state index contributed by atoms with van der Waals surface area (Å²) in [6.45, 7) is 2.18. The number of halogens is 3. The van der Waals surface area contributed by atoms with E-state index in [4.69, 9.17) is 14.6 Å². The first kappa shape index (κ1) is 29.4. The van der Waals surface area contributed by atoms with E-state index in [2.05, 4.69) is 4.90 Å². The van der Waals surface area contributed by atoms with Gasteiger partial charge in [0.15, 0.2) is 5.78 Å². The number of amides is 2. The Balaban J connectivity index is 0.000000470. The number of hydrogen-bond donors (Lipinski definition) is 1. The monoisotopic (exact) mass is 580 g/mol. The van der Waals surface area contributed by atoms with Gasteiger partial charge in [-0.15, -0.1) is 11.3 Å². The molecule has 40 heavy (non-hydrogen) atoms. The lowest BCUT2D eigenvalue weighted by molar-refractivity contribution is -0.192. The number of likely N-dealkylation sites (tertiary alicyclic amines) is 1. The van der Waals surface area contributed by atoms with E-state index in [9.17, 15) is 32.3 Å². The van der Waals surface area contributed by atoms with Crippen LogP contribution in [0.4, 0.5) is 13.2 Å². The number of esters is 1. The Bertz CT molecular complexity index is 1360. The van der Waals surface area contributed by atoms with Crippen LogP contribution in [0.3, 0.4) is 0 Å². The molecule has 3 aliphatic rings. The Morgan fingerprint density at radius 1 is 1.10 bits per heavy atom. The quantitative estimate of drug-likeness (QED) is 0.328. The molecule has 0 unspecified atom stereocenters. The molecule has 4 atom stereocenters. The minimum Gasteiger partial charge on any atom is -0.475 e. The second-order valence-corrected chi connectivity index (χ2v) is 10.8. The van der Waals surface area contributed by atoms with Crippen LogP contribution < -0.4 is 0 Å². The Morgan fingerprint density at radius 2 is 1.73 bits per heavy atom. The first-order valence-corrected chi connectivity index (χ1v) is 13.3. The van der Waals surface area contributed by atoms with E-state index >= 15 is 0 Å². The highest BCUT2D eigenvalue weighted by Crippen LogP contribution is 2.58. The maximum absolute atomic E-state index is 13.2. The third kappa shape index (κ3) is 4.81. The second-order valence-electron chi connectivity index (χ2n) is 9.93. The molecule has 0 saturated carbocycles.